The maximum Gasteiger partial charge on any atom is 0.408 e. The molecule has 8 heteroatoms. The Bertz CT molecular complexity index is 511. The van der Waals surface area contributed by atoms with Crippen molar-refractivity contribution in [2.45, 2.75) is 52.4 Å². The first-order valence-electron chi connectivity index (χ1n) is 6.58. The number of nitrogens with zero attached hydrogens (tertiary/aromatic N) is 2. The van der Waals surface area contributed by atoms with E-state index in [4.69, 9.17) is 5.11 Å². The Labute approximate surface area is 121 Å². The van der Waals surface area contributed by atoms with Crippen molar-refractivity contribution in [3.63, 3.8) is 0 Å². The number of aliphatic hydroxyl groups is 1. The maximum absolute atomic E-state index is 12.5. The van der Waals surface area contributed by atoms with Crippen LogP contribution in [0.15, 0.2) is 0 Å². The van der Waals surface area contributed by atoms with Crippen molar-refractivity contribution in [3.8, 4) is 0 Å². The Hall–Kier alpha value is -1.57. The lowest BCUT2D eigenvalue weighted by Crippen LogP contribution is -2.37. The van der Waals surface area contributed by atoms with Crippen LogP contribution >= 0.6 is 0 Å². The number of carbonyl (C=O) groups excluding carboxylic acids is 1. The summed E-state index contributed by atoms with van der Waals surface area (Å²) in [4.78, 5) is 12.0. The zero-order valence-corrected chi connectivity index (χ0v) is 12.5. The van der Waals surface area contributed by atoms with Gasteiger partial charge in [-0.2, -0.15) is 18.3 Å². The third-order valence-electron chi connectivity index (χ3n) is 3.26. The molecule has 2 unspecified atom stereocenters. The topological polar surface area (TPSA) is 67.2 Å². The van der Waals surface area contributed by atoms with Crippen LogP contribution in [0.1, 0.15) is 36.7 Å². The second-order valence-electron chi connectivity index (χ2n) is 5.17. The maximum atomic E-state index is 12.5. The van der Waals surface area contributed by atoms with Crippen molar-refractivity contribution in [1.82, 2.24) is 15.1 Å². The van der Waals surface area contributed by atoms with E-state index in [0.29, 0.717) is 17.0 Å². The van der Waals surface area contributed by atoms with Crippen LogP contribution in [0.2, 0.25) is 0 Å². The van der Waals surface area contributed by atoms with Gasteiger partial charge in [0.15, 0.2) is 0 Å². The summed E-state index contributed by atoms with van der Waals surface area (Å²) < 4.78 is 38.3. The van der Waals surface area contributed by atoms with E-state index >= 15 is 0 Å². The molecule has 0 spiro atoms. The molecule has 5 nitrogen and oxygen atoms in total. The van der Waals surface area contributed by atoms with E-state index in [2.05, 4.69) is 10.4 Å². The highest BCUT2D eigenvalue weighted by molar-refractivity contribution is 5.84. The molecular weight excluding hydrogens is 287 g/mol. The van der Waals surface area contributed by atoms with Crippen molar-refractivity contribution in [1.29, 1.82) is 0 Å². The highest BCUT2D eigenvalue weighted by Crippen LogP contribution is 2.26. The summed E-state index contributed by atoms with van der Waals surface area (Å²) in [5.74, 6) is -0.990. The normalized spacial score (nSPS) is 14.9. The molecule has 1 aromatic heterocycles. The molecule has 0 saturated carbocycles. The molecule has 2 atom stereocenters. The summed E-state index contributed by atoms with van der Waals surface area (Å²) in [6, 6.07) is -0.411. The first kappa shape index (κ1) is 17.5. The molecule has 1 aromatic rings. The molecule has 1 heterocycles. The number of alkyl halides is 3. The number of halogens is 3. The SMILES string of the molecule is Cc1nn(CC(F)(F)F)c(C)c1C(C)C(=O)NC(C)CO. The minimum atomic E-state index is -4.36. The van der Waals surface area contributed by atoms with Crippen molar-refractivity contribution >= 4 is 5.91 Å². The Kier molecular flexibility index (Phi) is 5.38. The number of carbonyl (C=O) groups is 1. The molecule has 21 heavy (non-hydrogen) atoms. The van der Waals surface area contributed by atoms with E-state index in [-0.39, 0.29) is 12.5 Å². The molecule has 1 amide bonds. The lowest BCUT2D eigenvalue weighted by molar-refractivity contribution is -0.143. The predicted octanol–water partition coefficient (Wildman–Crippen LogP) is 1.66. The van der Waals surface area contributed by atoms with Gasteiger partial charge in [0.05, 0.1) is 18.2 Å². The van der Waals surface area contributed by atoms with Crippen LogP contribution in [0.3, 0.4) is 0 Å². The number of amides is 1. The Morgan fingerprint density at radius 2 is 1.95 bits per heavy atom. The molecular formula is C13H20F3N3O2. The third kappa shape index (κ3) is 4.45. The fourth-order valence-corrected chi connectivity index (χ4v) is 2.21. The Morgan fingerprint density at radius 1 is 1.38 bits per heavy atom. The first-order chi connectivity index (χ1) is 9.56. The highest BCUT2D eigenvalue weighted by atomic mass is 19.4. The van der Waals surface area contributed by atoms with Crippen molar-refractivity contribution < 1.29 is 23.1 Å². The molecule has 0 aliphatic carbocycles. The van der Waals surface area contributed by atoms with Gasteiger partial charge in [0.1, 0.15) is 6.54 Å². The van der Waals surface area contributed by atoms with Crippen LogP contribution < -0.4 is 5.32 Å². The standard InChI is InChI=1S/C13H20F3N3O2/c1-7(5-20)17-12(21)8(2)11-9(3)18-19(10(11)4)6-13(14,15)16/h7-8,20H,5-6H2,1-4H3,(H,17,21). The van der Waals surface area contributed by atoms with Gasteiger partial charge in [0.2, 0.25) is 5.91 Å². The molecule has 1 rings (SSSR count). The number of rotatable bonds is 5. The highest BCUT2D eigenvalue weighted by Gasteiger charge is 2.31. The number of nitrogens with one attached hydrogen (secondary N) is 1. The number of aromatic nitrogens is 2. The lowest BCUT2D eigenvalue weighted by atomic mass is 9.98. The van der Waals surface area contributed by atoms with Gasteiger partial charge in [-0.05, 0) is 27.7 Å². The summed E-state index contributed by atoms with van der Waals surface area (Å²) in [7, 11) is 0. The fourth-order valence-electron chi connectivity index (χ4n) is 2.21. The summed E-state index contributed by atoms with van der Waals surface area (Å²) >= 11 is 0. The van der Waals surface area contributed by atoms with Gasteiger partial charge in [-0.25, -0.2) is 0 Å². The van der Waals surface area contributed by atoms with Gasteiger partial charge in [-0.3, -0.25) is 9.48 Å². The summed E-state index contributed by atoms with van der Waals surface area (Å²) in [5, 5.41) is 15.4. The monoisotopic (exact) mass is 307 g/mol. The van der Waals surface area contributed by atoms with Gasteiger partial charge in [-0.15, -0.1) is 0 Å². The molecule has 2 N–H and O–H groups in total. The molecule has 0 radical (unpaired) electrons. The minimum Gasteiger partial charge on any atom is -0.394 e. The second kappa shape index (κ2) is 6.46. The number of hydrogen-bond acceptors (Lipinski definition) is 3. The van der Waals surface area contributed by atoms with E-state index < -0.39 is 24.7 Å². The van der Waals surface area contributed by atoms with E-state index in [1.807, 2.05) is 0 Å². The van der Waals surface area contributed by atoms with Crippen LogP contribution in [0.4, 0.5) is 13.2 Å². The largest absolute Gasteiger partial charge is 0.408 e. The number of hydrogen-bond donors (Lipinski definition) is 2. The molecule has 0 fully saturated rings. The Balaban J connectivity index is 3.00. The van der Waals surface area contributed by atoms with E-state index in [0.717, 1.165) is 4.68 Å². The van der Waals surface area contributed by atoms with Crippen LogP contribution in [0.5, 0.6) is 0 Å². The molecule has 0 aliphatic heterocycles. The van der Waals surface area contributed by atoms with Crippen molar-refractivity contribution in [2.75, 3.05) is 6.61 Å². The predicted molar refractivity (Wildman–Crippen MR) is 70.9 cm³/mol. The van der Waals surface area contributed by atoms with Gasteiger partial charge >= 0.3 is 6.18 Å². The second-order valence-corrected chi connectivity index (χ2v) is 5.17. The minimum absolute atomic E-state index is 0.205. The van der Waals surface area contributed by atoms with E-state index in [1.165, 1.54) is 6.92 Å². The van der Waals surface area contributed by atoms with Gasteiger partial charge in [0, 0.05) is 17.3 Å². The summed E-state index contributed by atoms with van der Waals surface area (Å²) in [6.07, 6.45) is -4.36. The van der Waals surface area contributed by atoms with Crippen LogP contribution in [0.25, 0.3) is 0 Å². The Morgan fingerprint density at radius 3 is 2.43 bits per heavy atom. The molecule has 0 saturated heterocycles. The lowest BCUT2D eigenvalue weighted by Gasteiger charge is -2.16. The van der Waals surface area contributed by atoms with Crippen LogP contribution in [-0.2, 0) is 11.3 Å². The number of aliphatic hydroxyl groups excluding tert-OH is 1. The first-order valence-corrected chi connectivity index (χ1v) is 6.58. The van der Waals surface area contributed by atoms with E-state index in [1.54, 1.807) is 20.8 Å². The fraction of sp³-hybridized carbons (Fsp3) is 0.692. The zero-order chi connectivity index (χ0) is 16.4. The smallest absolute Gasteiger partial charge is 0.394 e. The van der Waals surface area contributed by atoms with Crippen LogP contribution in [0, 0.1) is 13.8 Å². The van der Waals surface area contributed by atoms with Gasteiger partial charge in [0.25, 0.3) is 0 Å². The summed E-state index contributed by atoms with van der Waals surface area (Å²) in [5.41, 5.74) is 1.21. The van der Waals surface area contributed by atoms with Crippen molar-refractivity contribution in [3.05, 3.63) is 17.0 Å². The number of aryl methyl sites for hydroxylation is 1. The molecule has 0 aliphatic rings. The molecule has 0 bridgehead atoms. The zero-order valence-electron chi connectivity index (χ0n) is 12.5. The summed E-state index contributed by atoms with van der Waals surface area (Å²) in [6.45, 7) is 4.95. The average Bonchev–Trinajstić information content (AvgIpc) is 2.61. The van der Waals surface area contributed by atoms with Gasteiger partial charge in [-0.1, -0.05) is 0 Å². The van der Waals surface area contributed by atoms with Crippen LogP contribution in [-0.4, -0.2) is 39.6 Å². The van der Waals surface area contributed by atoms with Crippen molar-refractivity contribution in [2.24, 2.45) is 0 Å². The third-order valence-corrected chi connectivity index (χ3v) is 3.26. The molecule has 0 aromatic carbocycles. The van der Waals surface area contributed by atoms with E-state index in [9.17, 15) is 18.0 Å². The van der Waals surface area contributed by atoms with Gasteiger partial charge < -0.3 is 10.4 Å². The molecule has 120 valence electrons. The average molecular weight is 307 g/mol. The quantitative estimate of drug-likeness (QED) is 0.869.